The zero-order chi connectivity index (χ0) is 18.3. The number of aryl methyl sites for hydroxylation is 1. The van der Waals surface area contributed by atoms with E-state index in [-0.39, 0.29) is 17.6 Å². The summed E-state index contributed by atoms with van der Waals surface area (Å²) in [7, 11) is 0. The first-order chi connectivity index (χ1) is 12.5. The summed E-state index contributed by atoms with van der Waals surface area (Å²) in [4.78, 5) is 13.8. The third kappa shape index (κ3) is 3.17. The Bertz CT molecular complexity index is 977. The second-order valence-corrected chi connectivity index (χ2v) is 6.78. The molecule has 0 aliphatic carbocycles. The molecule has 1 aliphatic rings. The Hall–Kier alpha value is -2.47. The van der Waals surface area contributed by atoms with Crippen molar-refractivity contribution in [3.8, 4) is 11.3 Å². The quantitative estimate of drug-likeness (QED) is 0.676. The number of hydrogen-bond acceptors (Lipinski definition) is 4. The molecule has 0 unspecified atom stereocenters. The molecule has 26 heavy (non-hydrogen) atoms. The number of ether oxygens (including phenoxy) is 1. The van der Waals surface area contributed by atoms with Gasteiger partial charge in [0.2, 0.25) is 0 Å². The first kappa shape index (κ1) is 17.0. The van der Waals surface area contributed by atoms with Crippen LogP contribution >= 0.6 is 0 Å². The highest BCUT2D eigenvalue weighted by molar-refractivity contribution is 5.90. The molecule has 6 heteroatoms. The fraction of sp³-hybridized carbons (Fsp3) is 0.350. The van der Waals surface area contributed by atoms with Crippen LogP contribution in [0.5, 0.6) is 0 Å². The van der Waals surface area contributed by atoms with E-state index in [9.17, 15) is 8.78 Å². The number of aromatic nitrogens is 3. The second-order valence-electron chi connectivity index (χ2n) is 6.78. The number of pyridine rings is 1. The summed E-state index contributed by atoms with van der Waals surface area (Å²) in [6, 6.07) is 7.22. The van der Waals surface area contributed by atoms with E-state index in [0.29, 0.717) is 29.2 Å². The first-order valence-electron chi connectivity index (χ1n) is 8.73. The van der Waals surface area contributed by atoms with E-state index in [4.69, 9.17) is 4.74 Å². The number of fused-ring (bicyclic) bond motifs is 1. The van der Waals surface area contributed by atoms with E-state index < -0.39 is 11.6 Å². The number of rotatable bonds is 2. The third-order valence-corrected chi connectivity index (χ3v) is 4.75. The number of hydrogen-bond donors (Lipinski definition) is 0. The van der Waals surface area contributed by atoms with Gasteiger partial charge in [0.1, 0.15) is 17.5 Å². The smallest absolute Gasteiger partial charge is 0.163 e. The van der Waals surface area contributed by atoms with Crippen LogP contribution in [0.15, 0.2) is 30.3 Å². The number of halogens is 2. The van der Waals surface area contributed by atoms with Crippen molar-refractivity contribution in [1.29, 1.82) is 0 Å². The van der Waals surface area contributed by atoms with Crippen molar-refractivity contribution in [3.05, 3.63) is 53.5 Å². The molecular weight excluding hydrogens is 336 g/mol. The van der Waals surface area contributed by atoms with Crippen LogP contribution in [0.2, 0.25) is 0 Å². The summed E-state index contributed by atoms with van der Waals surface area (Å²) in [5.74, 6) is -0.480. The summed E-state index contributed by atoms with van der Waals surface area (Å²) < 4.78 is 33.4. The summed E-state index contributed by atoms with van der Waals surface area (Å²) >= 11 is 0. The van der Waals surface area contributed by atoms with Gasteiger partial charge < -0.3 is 4.74 Å². The Balaban J connectivity index is 1.92. The molecule has 1 aliphatic heterocycles. The molecule has 0 amide bonds. The lowest BCUT2D eigenvalue weighted by Gasteiger charge is -2.26. The Morgan fingerprint density at radius 2 is 1.92 bits per heavy atom. The zero-order valence-electron chi connectivity index (χ0n) is 14.7. The van der Waals surface area contributed by atoms with Crippen molar-refractivity contribution in [2.24, 2.45) is 0 Å². The molecule has 4 rings (SSSR count). The van der Waals surface area contributed by atoms with Crippen LogP contribution in [0.25, 0.3) is 22.3 Å². The van der Waals surface area contributed by atoms with E-state index in [2.05, 4.69) is 15.0 Å². The van der Waals surface area contributed by atoms with Gasteiger partial charge in [-0.25, -0.2) is 23.7 Å². The highest BCUT2D eigenvalue weighted by Crippen LogP contribution is 2.33. The van der Waals surface area contributed by atoms with E-state index in [1.807, 2.05) is 26.0 Å². The zero-order valence-corrected chi connectivity index (χ0v) is 14.7. The molecule has 3 aromatic rings. The standard InChI is InChI=1S/C20H19F2N3O/c1-11-3-5-16-18(15-6-4-14(21)10-17(15)22)24-19(25-20(16)23-11)13-7-8-26-12(2)9-13/h3-6,10,12-13H,7-9H2,1-2H3/t12-,13-/m0/s1. The van der Waals surface area contributed by atoms with Crippen LogP contribution in [0.1, 0.15) is 37.2 Å². The molecule has 0 saturated carbocycles. The molecule has 0 N–H and O–H groups in total. The average Bonchev–Trinajstić information content (AvgIpc) is 2.60. The largest absolute Gasteiger partial charge is 0.378 e. The summed E-state index contributed by atoms with van der Waals surface area (Å²) in [6.07, 6.45) is 1.75. The SMILES string of the molecule is Cc1ccc2c(-c3ccc(F)cc3F)nc([C@H]3CCO[C@@H](C)C3)nc2n1. The van der Waals surface area contributed by atoms with Crippen LogP contribution in [0, 0.1) is 18.6 Å². The molecular formula is C20H19F2N3O. The fourth-order valence-corrected chi connectivity index (χ4v) is 3.42. The molecule has 2 aromatic heterocycles. The third-order valence-electron chi connectivity index (χ3n) is 4.75. The van der Waals surface area contributed by atoms with Gasteiger partial charge in [0.05, 0.1) is 11.8 Å². The van der Waals surface area contributed by atoms with Gasteiger partial charge in [-0.3, -0.25) is 0 Å². The number of nitrogens with zero attached hydrogens (tertiary/aromatic N) is 3. The molecule has 1 saturated heterocycles. The molecule has 2 atom stereocenters. The molecule has 4 nitrogen and oxygen atoms in total. The van der Waals surface area contributed by atoms with Gasteiger partial charge in [-0.15, -0.1) is 0 Å². The lowest BCUT2D eigenvalue weighted by atomic mass is 9.95. The predicted molar refractivity (Wildman–Crippen MR) is 94.8 cm³/mol. The normalized spacial score (nSPS) is 20.5. The highest BCUT2D eigenvalue weighted by atomic mass is 19.1. The average molecular weight is 355 g/mol. The maximum Gasteiger partial charge on any atom is 0.163 e. The minimum absolute atomic E-state index is 0.129. The fourth-order valence-electron chi connectivity index (χ4n) is 3.42. The van der Waals surface area contributed by atoms with Gasteiger partial charge in [-0.1, -0.05) is 0 Å². The Morgan fingerprint density at radius 1 is 1.08 bits per heavy atom. The van der Waals surface area contributed by atoms with Crippen molar-refractivity contribution in [2.75, 3.05) is 6.61 Å². The van der Waals surface area contributed by atoms with Crippen molar-refractivity contribution in [1.82, 2.24) is 15.0 Å². The summed E-state index contributed by atoms with van der Waals surface area (Å²) in [5, 5.41) is 0.657. The Kier molecular flexibility index (Phi) is 4.36. The van der Waals surface area contributed by atoms with Crippen LogP contribution in [-0.4, -0.2) is 27.7 Å². The van der Waals surface area contributed by atoms with E-state index in [1.165, 1.54) is 12.1 Å². The molecule has 3 heterocycles. The molecule has 0 bridgehead atoms. The highest BCUT2D eigenvalue weighted by Gasteiger charge is 2.25. The van der Waals surface area contributed by atoms with Gasteiger partial charge in [0.15, 0.2) is 5.65 Å². The van der Waals surface area contributed by atoms with Crippen LogP contribution in [0.3, 0.4) is 0 Å². The monoisotopic (exact) mass is 355 g/mol. The second kappa shape index (κ2) is 6.68. The van der Waals surface area contributed by atoms with Crippen LogP contribution in [0.4, 0.5) is 8.78 Å². The van der Waals surface area contributed by atoms with E-state index >= 15 is 0 Å². The molecule has 0 radical (unpaired) electrons. The molecule has 1 fully saturated rings. The summed E-state index contributed by atoms with van der Waals surface area (Å²) in [6.45, 7) is 4.56. The maximum absolute atomic E-state index is 14.4. The van der Waals surface area contributed by atoms with Gasteiger partial charge in [-0.2, -0.15) is 0 Å². The topological polar surface area (TPSA) is 47.9 Å². The summed E-state index contributed by atoms with van der Waals surface area (Å²) in [5.41, 5.74) is 2.07. The Labute approximate surface area is 150 Å². The van der Waals surface area contributed by atoms with E-state index in [1.54, 1.807) is 0 Å². The van der Waals surface area contributed by atoms with Crippen molar-refractivity contribution in [2.45, 2.75) is 38.7 Å². The lowest BCUT2D eigenvalue weighted by molar-refractivity contribution is 0.0173. The minimum Gasteiger partial charge on any atom is -0.378 e. The Morgan fingerprint density at radius 3 is 2.69 bits per heavy atom. The molecule has 1 aromatic carbocycles. The van der Waals surface area contributed by atoms with Gasteiger partial charge in [-0.05, 0) is 51.0 Å². The molecule has 0 spiro atoms. The minimum atomic E-state index is -0.642. The lowest BCUT2D eigenvalue weighted by Crippen LogP contribution is -2.23. The van der Waals surface area contributed by atoms with Crippen LogP contribution in [-0.2, 0) is 4.74 Å². The van der Waals surface area contributed by atoms with Crippen molar-refractivity contribution < 1.29 is 13.5 Å². The van der Waals surface area contributed by atoms with Gasteiger partial charge in [0.25, 0.3) is 0 Å². The van der Waals surface area contributed by atoms with Crippen molar-refractivity contribution in [3.63, 3.8) is 0 Å². The van der Waals surface area contributed by atoms with Crippen molar-refractivity contribution >= 4 is 11.0 Å². The van der Waals surface area contributed by atoms with Gasteiger partial charge in [0, 0.05) is 35.2 Å². The first-order valence-corrected chi connectivity index (χ1v) is 8.73. The van der Waals surface area contributed by atoms with Crippen LogP contribution < -0.4 is 0 Å². The molecule has 134 valence electrons. The maximum atomic E-state index is 14.4. The predicted octanol–water partition coefficient (Wildman–Crippen LogP) is 4.56. The van der Waals surface area contributed by atoms with E-state index in [0.717, 1.165) is 24.6 Å². The number of benzene rings is 1. The van der Waals surface area contributed by atoms with Gasteiger partial charge >= 0.3 is 0 Å².